The molecule has 3 heterocycles. The first-order valence-corrected chi connectivity index (χ1v) is 9.95. The van der Waals surface area contributed by atoms with Crippen molar-refractivity contribution in [3.05, 3.63) is 0 Å². The van der Waals surface area contributed by atoms with Gasteiger partial charge in [0, 0.05) is 44.3 Å². The predicted octanol–water partition coefficient (Wildman–Crippen LogP) is 2.67. The van der Waals surface area contributed by atoms with Crippen LogP contribution in [0.1, 0.15) is 57.8 Å². The molecule has 0 N–H and O–H groups in total. The smallest absolute Gasteiger partial charge is 0.225 e. The van der Waals surface area contributed by atoms with Crippen molar-refractivity contribution in [3.63, 3.8) is 0 Å². The van der Waals surface area contributed by atoms with E-state index in [-0.39, 0.29) is 0 Å². The molecule has 0 bridgehead atoms. The molecule has 1 aliphatic carbocycles. The molecule has 0 aromatic heterocycles. The Hall–Kier alpha value is -0.610. The van der Waals surface area contributed by atoms with Crippen LogP contribution < -0.4 is 0 Å². The number of hydrogen-bond acceptors (Lipinski definition) is 3. The van der Waals surface area contributed by atoms with Crippen molar-refractivity contribution in [1.82, 2.24) is 9.80 Å². The maximum atomic E-state index is 12.8. The first-order valence-electron chi connectivity index (χ1n) is 9.95. The van der Waals surface area contributed by atoms with Crippen LogP contribution >= 0.6 is 0 Å². The Balaban J connectivity index is 1.45. The van der Waals surface area contributed by atoms with Crippen molar-refractivity contribution in [2.45, 2.75) is 69.9 Å². The Bertz CT molecular complexity index is 416. The van der Waals surface area contributed by atoms with Crippen LogP contribution in [0.2, 0.25) is 0 Å². The molecule has 23 heavy (non-hydrogen) atoms. The Kier molecular flexibility index (Phi) is 4.91. The molecule has 0 unspecified atom stereocenters. The lowest BCUT2D eigenvalue weighted by Crippen LogP contribution is -2.49. The molecule has 4 aliphatic rings. The SMILES string of the molecule is O=C(C1CCCC1)N1C[C@@H]2CCCCN(C3CCOCC3)[C@@H]2C1. The summed E-state index contributed by atoms with van der Waals surface area (Å²) in [6, 6.07) is 1.31. The van der Waals surface area contributed by atoms with Crippen molar-refractivity contribution in [2.24, 2.45) is 11.8 Å². The van der Waals surface area contributed by atoms with E-state index in [1.165, 1.54) is 51.5 Å². The van der Waals surface area contributed by atoms with Crippen molar-refractivity contribution in [3.8, 4) is 0 Å². The van der Waals surface area contributed by atoms with Crippen LogP contribution in [0.15, 0.2) is 0 Å². The van der Waals surface area contributed by atoms with E-state index in [0.29, 0.717) is 29.8 Å². The molecule has 3 aliphatic heterocycles. The van der Waals surface area contributed by atoms with E-state index < -0.39 is 0 Å². The number of amides is 1. The van der Waals surface area contributed by atoms with Gasteiger partial charge in [0.15, 0.2) is 0 Å². The minimum Gasteiger partial charge on any atom is -0.381 e. The van der Waals surface area contributed by atoms with E-state index in [4.69, 9.17) is 4.74 Å². The standard InChI is InChI=1S/C19H32N2O2/c22-19(15-5-1-2-6-15)20-13-16-7-3-4-10-21(18(16)14-20)17-8-11-23-12-9-17/h15-18H,1-14H2/t16-,18+/m0/s1. The summed E-state index contributed by atoms with van der Waals surface area (Å²) in [5.74, 6) is 1.53. The topological polar surface area (TPSA) is 32.8 Å². The molecule has 0 radical (unpaired) electrons. The summed E-state index contributed by atoms with van der Waals surface area (Å²) in [6.07, 6.45) is 11.1. The number of ether oxygens (including phenoxy) is 1. The molecule has 2 atom stereocenters. The quantitative estimate of drug-likeness (QED) is 0.784. The minimum absolute atomic E-state index is 0.342. The van der Waals surface area contributed by atoms with Crippen LogP contribution in [0.5, 0.6) is 0 Å². The maximum absolute atomic E-state index is 12.8. The minimum atomic E-state index is 0.342. The Morgan fingerprint density at radius 1 is 0.870 bits per heavy atom. The second-order valence-corrected chi connectivity index (χ2v) is 8.13. The first kappa shape index (κ1) is 15.9. The average molecular weight is 320 g/mol. The van der Waals surface area contributed by atoms with E-state index in [9.17, 15) is 4.79 Å². The Morgan fingerprint density at radius 2 is 1.61 bits per heavy atom. The van der Waals surface area contributed by atoms with Gasteiger partial charge in [0.25, 0.3) is 0 Å². The van der Waals surface area contributed by atoms with E-state index in [1.807, 2.05) is 0 Å². The number of carbonyl (C=O) groups excluding carboxylic acids is 1. The lowest BCUT2D eigenvalue weighted by atomic mass is 9.96. The zero-order valence-electron chi connectivity index (χ0n) is 14.4. The predicted molar refractivity (Wildman–Crippen MR) is 90.2 cm³/mol. The van der Waals surface area contributed by atoms with Crippen LogP contribution in [-0.2, 0) is 9.53 Å². The summed E-state index contributed by atoms with van der Waals surface area (Å²) in [4.78, 5) is 17.9. The number of nitrogens with zero attached hydrogens (tertiary/aromatic N) is 2. The Labute approximate surface area is 140 Å². The number of likely N-dealkylation sites (tertiary alicyclic amines) is 2. The van der Waals surface area contributed by atoms with Gasteiger partial charge in [0.2, 0.25) is 5.91 Å². The van der Waals surface area contributed by atoms with Gasteiger partial charge in [-0.1, -0.05) is 19.3 Å². The highest BCUT2D eigenvalue weighted by atomic mass is 16.5. The number of rotatable bonds is 2. The summed E-state index contributed by atoms with van der Waals surface area (Å²) in [5.41, 5.74) is 0. The summed E-state index contributed by atoms with van der Waals surface area (Å²) in [7, 11) is 0. The number of hydrogen-bond donors (Lipinski definition) is 0. The summed E-state index contributed by atoms with van der Waals surface area (Å²) in [5, 5.41) is 0. The average Bonchev–Trinajstić information content (AvgIpc) is 3.22. The normalized spacial score (nSPS) is 34.5. The van der Waals surface area contributed by atoms with E-state index >= 15 is 0 Å². The van der Waals surface area contributed by atoms with Gasteiger partial charge in [-0.2, -0.15) is 0 Å². The van der Waals surface area contributed by atoms with Crippen molar-refractivity contribution in [2.75, 3.05) is 32.8 Å². The lowest BCUT2D eigenvalue weighted by molar-refractivity contribution is -0.134. The first-order chi connectivity index (χ1) is 11.3. The highest BCUT2D eigenvalue weighted by Crippen LogP contribution is 2.35. The van der Waals surface area contributed by atoms with Crippen molar-refractivity contribution in [1.29, 1.82) is 0 Å². The van der Waals surface area contributed by atoms with E-state index in [2.05, 4.69) is 9.80 Å². The van der Waals surface area contributed by atoms with Crippen LogP contribution in [0.25, 0.3) is 0 Å². The lowest BCUT2D eigenvalue weighted by Gasteiger charge is -2.39. The molecule has 0 aromatic rings. The molecule has 130 valence electrons. The second kappa shape index (κ2) is 7.10. The highest BCUT2D eigenvalue weighted by molar-refractivity contribution is 5.79. The summed E-state index contributed by atoms with van der Waals surface area (Å²) >= 11 is 0. The van der Waals surface area contributed by atoms with Gasteiger partial charge in [-0.25, -0.2) is 0 Å². The second-order valence-electron chi connectivity index (χ2n) is 8.13. The number of fused-ring (bicyclic) bond motifs is 1. The van der Waals surface area contributed by atoms with Gasteiger partial charge in [-0.05, 0) is 51.0 Å². The highest BCUT2D eigenvalue weighted by Gasteiger charge is 2.43. The van der Waals surface area contributed by atoms with Gasteiger partial charge < -0.3 is 9.64 Å². The van der Waals surface area contributed by atoms with E-state index in [0.717, 1.165) is 39.1 Å². The van der Waals surface area contributed by atoms with Crippen LogP contribution in [0, 0.1) is 11.8 Å². The monoisotopic (exact) mass is 320 g/mol. The van der Waals surface area contributed by atoms with Gasteiger partial charge in [0.05, 0.1) is 0 Å². The molecule has 4 heteroatoms. The van der Waals surface area contributed by atoms with Crippen molar-refractivity contribution >= 4 is 5.91 Å². The van der Waals surface area contributed by atoms with Gasteiger partial charge in [-0.15, -0.1) is 0 Å². The molecule has 4 rings (SSSR count). The molecule has 4 nitrogen and oxygen atoms in total. The van der Waals surface area contributed by atoms with Crippen LogP contribution in [0.3, 0.4) is 0 Å². The molecule has 0 spiro atoms. The van der Waals surface area contributed by atoms with Gasteiger partial charge in [-0.3, -0.25) is 9.69 Å². The zero-order valence-corrected chi connectivity index (χ0v) is 14.4. The molecule has 0 aromatic carbocycles. The maximum Gasteiger partial charge on any atom is 0.225 e. The molecule has 1 amide bonds. The number of carbonyl (C=O) groups is 1. The fourth-order valence-electron chi connectivity index (χ4n) is 5.46. The van der Waals surface area contributed by atoms with Crippen LogP contribution in [0.4, 0.5) is 0 Å². The summed E-state index contributed by atoms with van der Waals surface area (Å²) < 4.78 is 5.57. The largest absolute Gasteiger partial charge is 0.381 e. The van der Waals surface area contributed by atoms with E-state index in [1.54, 1.807) is 0 Å². The molecule has 3 saturated heterocycles. The molecular formula is C19H32N2O2. The molecule has 1 saturated carbocycles. The zero-order chi connectivity index (χ0) is 15.6. The van der Waals surface area contributed by atoms with Gasteiger partial charge >= 0.3 is 0 Å². The van der Waals surface area contributed by atoms with Gasteiger partial charge in [0.1, 0.15) is 0 Å². The van der Waals surface area contributed by atoms with Crippen LogP contribution in [-0.4, -0.2) is 60.6 Å². The molecular weight excluding hydrogens is 288 g/mol. The molecule has 4 fully saturated rings. The Morgan fingerprint density at radius 3 is 2.39 bits per heavy atom. The third-order valence-corrected chi connectivity index (χ3v) is 6.75. The fraction of sp³-hybridized carbons (Fsp3) is 0.947. The fourth-order valence-corrected chi connectivity index (χ4v) is 5.46. The third-order valence-electron chi connectivity index (χ3n) is 6.75. The van der Waals surface area contributed by atoms with Crippen molar-refractivity contribution < 1.29 is 9.53 Å². The third kappa shape index (κ3) is 3.30. The summed E-state index contributed by atoms with van der Waals surface area (Å²) in [6.45, 7) is 5.10.